The third-order valence-electron chi connectivity index (χ3n) is 3.31. The number of halogens is 2. The van der Waals surface area contributed by atoms with Crippen molar-refractivity contribution in [3.8, 4) is 5.75 Å². The number of benzene rings is 2. The molecule has 1 heterocycles. The van der Waals surface area contributed by atoms with Gasteiger partial charge in [-0.25, -0.2) is 4.79 Å². The monoisotopic (exact) mass is 350 g/mol. The van der Waals surface area contributed by atoms with E-state index >= 15 is 0 Å². The molecule has 2 aromatic rings. The molecule has 5 nitrogen and oxygen atoms in total. The first-order valence-corrected chi connectivity index (χ1v) is 7.60. The maximum atomic E-state index is 12.1. The van der Waals surface area contributed by atoms with Crippen molar-refractivity contribution in [1.29, 1.82) is 0 Å². The molecule has 0 saturated heterocycles. The first-order valence-electron chi connectivity index (χ1n) is 6.85. The molecule has 2 aromatic carbocycles. The Balaban J connectivity index is 1.67. The van der Waals surface area contributed by atoms with Crippen LogP contribution < -0.4 is 15.4 Å². The average molecular weight is 351 g/mol. The standard InChI is InChI=1S/C16H12Cl2N2O3/c17-9-5-6-11(10(18)7-9)20-15(21)8-13-16(22)23-14-4-2-1-3-12(14)19-13/h1-7,13,19H,8H2,(H,20,21)/t13-/m1/s1. The number of amides is 1. The van der Waals surface area contributed by atoms with Crippen LogP contribution in [0.4, 0.5) is 11.4 Å². The van der Waals surface area contributed by atoms with Gasteiger partial charge in [0.15, 0.2) is 5.75 Å². The summed E-state index contributed by atoms with van der Waals surface area (Å²) in [5.74, 6) is -0.404. The largest absolute Gasteiger partial charge is 0.423 e. The molecule has 0 spiro atoms. The molecule has 1 aliphatic rings. The summed E-state index contributed by atoms with van der Waals surface area (Å²) in [7, 11) is 0. The number of carbonyl (C=O) groups is 2. The number of carbonyl (C=O) groups excluding carboxylic acids is 2. The van der Waals surface area contributed by atoms with Gasteiger partial charge >= 0.3 is 5.97 Å². The minimum Gasteiger partial charge on any atom is -0.423 e. The van der Waals surface area contributed by atoms with Gasteiger partial charge in [0.1, 0.15) is 6.04 Å². The van der Waals surface area contributed by atoms with Crippen molar-refractivity contribution >= 4 is 46.5 Å². The lowest BCUT2D eigenvalue weighted by molar-refractivity contribution is -0.137. The van der Waals surface area contributed by atoms with E-state index in [-0.39, 0.29) is 12.3 Å². The summed E-state index contributed by atoms with van der Waals surface area (Å²) in [4.78, 5) is 24.1. The second-order valence-electron chi connectivity index (χ2n) is 4.99. The fourth-order valence-corrected chi connectivity index (χ4v) is 2.67. The normalized spacial score (nSPS) is 16.1. The van der Waals surface area contributed by atoms with Crippen LogP contribution in [0.5, 0.6) is 5.75 Å². The molecular formula is C16H12Cl2N2O3. The Morgan fingerprint density at radius 1 is 1.22 bits per heavy atom. The molecule has 1 atom stereocenters. The smallest absolute Gasteiger partial charge is 0.334 e. The van der Waals surface area contributed by atoms with Crippen molar-refractivity contribution in [2.75, 3.05) is 10.6 Å². The summed E-state index contributed by atoms with van der Waals surface area (Å²) in [6.45, 7) is 0. The Bertz CT molecular complexity index is 780. The van der Waals surface area contributed by atoms with Crippen molar-refractivity contribution < 1.29 is 14.3 Å². The molecular weight excluding hydrogens is 339 g/mol. The molecule has 1 aliphatic heterocycles. The molecule has 0 aromatic heterocycles. The van der Waals surface area contributed by atoms with Crippen molar-refractivity contribution in [2.24, 2.45) is 0 Å². The number of para-hydroxylation sites is 2. The molecule has 0 aliphatic carbocycles. The molecule has 0 radical (unpaired) electrons. The second kappa shape index (κ2) is 6.48. The van der Waals surface area contributed by atoms with Gasteiger partial charge < -0.3 is 15.4 Å². The van der Waals surface area contributed by atoms with Gasteiger partial charge in [0.05, 0.1) is 22.8 Å². The van der Waals surface area contributed by atoms with Crippen molar-refractivity contribution in [3.05, 3.63) is 52.5 Å². The number of ether oxygens (including phenoxy) is 1. The highest BCUT2D eigenvalue weighted by Gasteiger charge is 2.29. The van der Waals surface area contributed by atoms with Gasteiger partial charge in [-0.2, -0.15) is 0 Å². The Labute approximate surface area is 142 Å². The fraction of sp³-hybridized carbons (Fsp3) is 0.125. The lowest BCUT2D eigenvalue weighted by atomic mass is 10.1. The number of fused-ring (bicyclic) bond motifs is 1. The Hall–Kier alpha value is -2.24. The maximum absolute atomic E-state index is 12.1. The maximum Gasteiger partial charge on any atom is 0.334 e. The molecule has 0 bridgehead atoms. The molecule has 23 heavy (non-hydrogen) atoms. The van der Waals surface area contributed by atoms with Gasteiger partial charge in [-0.15, -0.1) is 0 Å². The Morgan fingerprint density at radius 2 is 2.00 bits per heavy atom. The number of rotatable bonds is 3. The van der Waals surface area contributed by atoms with E-state index in [1.165, 1.54) is 6.07 Å². The lowest BCUT2D eigenvalue weighted by Crippen LogP contribution is -2.39. The van der Waals surface area contributed by atoms with Crippen molar-refractivity contribution in [1.82, 2.24) is 0 Å². The van der Waals surface area contributed by atoms with Gasteiger partial charge in [-0.05, 0) is 30.3 Å². The Kier molecular flexibility index (Phi) is 4.41. The summed E-state index contributed by atoms with van der Waals surface area (Å²) in [5, 5.41) is 6.45. The molecule has 1 amide bonds. The van der Waals surface area contributed by atoms with E-state index < -0.39 is 12.0 Å². The Morgan fingerprint density at radius 3 is 2.78 bits per heavy atom. The SMILES string of the molecule is O=C(C[C@H]1Nc2ccccc2OC1=O)Nc1ccc(Cl)cc1Cl. The summed E-state index contributed by atoms with van der Waals surface area (Å²) in [6.07, 6.45) is -0.0773. The van der Waals surface area contributed by atoms with Crippen LogP contribution in [-0.2, 0) is 9.59 Å². The zero-order valence-electron chi connectivity index (χ0n) is 11.8. The van der Waals surface area contributed by atoms with Crippen LogP contribution in [0, 0.1) is 0 Å². The lowest BCUT2D eigenvalue weighted by Gasteiger charge is -2.25. The van der Waals surface area contributed by atoms with Crippen LogP contribution in [0.2, 0.25) is 10.0 Å². The van der Waals surface area contributed by atoms with E-state index in [1.807, 2.05) is 6.07 Å². The van der Waals surface area contributed by atoms with Crippen molar-refractivity contribution in [3.63, 3.8) is 0 Å². The highest BCUT2D eigenvalue weighted by atomic mass is 35.5. The fourth-order valence-electron chi connectivity index (χ4n) is 2.21. The molecule has 0 saturated carbocycles. The van der Waals surface area contributed by atoms with E-state index in [4.69, 9.17) is 27.9 Å². The number of hydrogen-bond acceptors (Lipinski definition) is 4. The molecule has 118 valence electrons. The zero-order chi connectivity index (χ0) is 16.4. The predicted octanol–water partition coefficient (Wildman–Crippen LogP) is 3.72. The first kappa shape index (κ1) is 15.6. The highest BCUT2D eigenvalue weighted by molar-refractivity contribution is 6.36. The number of nitrogens with one attached hydrogen (secondary N) is 2. The van der Waals surface area contributed by atoms with Gasteiger partial charge in [0.2, 0.25) is 5.91 Å². The summed E-state index contributed by atoms with van der Waals surface area (Å²) < 4.78 is 5.21. The van der Waals surface area contributed by atoms with Gasteiger partial charge in [0, 0.05) is 5.02 Å². The second-order valence-corrected chi connectivity index (χ2v) is 5.83. The van der Waals surface area contributed by atoms with Crippen LogP contribution in [0.15, 0.2) is 42.5 Å². The van der Waals surface area contributed by atoms with Crippen LogP contribution >= 0.6 is 23.2 Å². The topological polar surface area (TPSA) is 67.4 Å². The minimum atomic E-state index is -0.754. The minimum absolute atomic E-state index is 0.0773. The highest BCUT2D eigenvalue weighted by Crippen LogP contribution is 2.30. The van der Waals surface area contributed by atoms with Crippen LogP contribution in [-0.4, -0.2) is 17.9 Å². The predicted molar refractivity (Wildman–Crippen MR) is 89.2 cm³/mol. The van der Waals surface area contributed by atoms with Crippen LogP contribution in [0.1, 0.15) is 6.42 Å². The number of anilines is 2. The summed E-state index contributed by atoms with van der Waals surface area (Å²) >= 11 is 11.8. The number of hydrogen-bond donors (Lipinski definition) is 2. The third kappa shape index (κ3) is 3.57. The number of esters is 1. The quantitative estimate of drug-likeness (QED) is 0.653. The van der Waals surface area contributed by atoms with Crippen molar-refractivity contribution in [2.45, 2.75) is 12.5 Å². The van der Waals surface area contributed by atoms with Gasteiger partial charge in [-0.3, -0.25) is 4.79 Å². The molecule has 2 N–H and O–H groups in total. The third-order valence-corrected chi connectivity index (χ3v) is 3.85. The zero-order valence-corrected chi connectivity index (χ0v) is 13.3. The first-order chi connectivity index (χ1) is 11.0. The van der Waals surface area contributed by atoms with Crippen LogP contribution in [0.3, 0.4) is 0 Å². The van der Waals surface area contributed by atoms with E-state index in [2.05, 4.69) is 10.6 Å². The molecule has 0 fully saturated rings. The molecule has 7 heteroatoms. The van der Waals surface area contributed by atoms with E-state index in [1.54, 1.807) is 30.3 Å². The summed E-state index contributed by atoms with van der Waals surface area (Å²) in [5.41, 5.74) is 1.11. The average Bonchev–Trinajstić information content (AvgIpc) is 2.51. The molecule has 3 rings (SSSR count). The van der Waals surface area contributed by atoms with Gasteiger partial charge in [-0.1, -0.05) is 35.3 Å². The van der Waals surface area contributed by atoms with E-state index in [0.29, 0.717) is 27.2 Å². The molecule has 0 unspecified atom stereocenters. The summed E-state index contributed by atoms with van der Waals surface area (Å²) in [6, 6.07) is 11.0. The van der Waals surface area contributed by atoms with E-state index in [9.17, 15) is 9.59 Å². The van der Waals surface area contributed by atoms with Gasteiger partial charge in [0.25, 0.3) is 0 Å². The van der Waals surface area contributed by atoms with Crippen LogP contribution in [0.25, 0.3) is 0 Å². The van der Waals surface area contributed by atoms with E-state index in [0.717, 1.165) is 0 Å².